The zero-order valence-electron chi connectivity index (χ0n) is 8.77. The number of hydrogen-bond donors (Lipinski definition) is 0. The molecule has 2 aliphatic rings. The van der Waals surface area contributed by atoms with Gasteiger partial charge >= 0.3 is 0 Å². The Kier molecular flexibility index (Phi) is 2.89. The van der Waals surface area contributed by atoms with E-state index in [9.17, 15) is 13.6 Å². The minimum Gasteiger partial charge on any atom is -0.295 e. The summed E-state index contributed by atoms with van der Waals surface area (Å²) in [6, 6.07) is 0. The Morgan fingerprint density at radius 1 is 1.53 bits per heavy atom. The third-order valence-electron chi connectivity index (χ3n) is 3.38. The summed E-state index contributed by atoms with van der Waals surface area (Å²) in [7, 11) is 0. The van der Waals surface area contributed by atoms with E-state index in [0.29, 0.717) is 12.8 Å². The predicted octanol–water partition coefficient (Wildman–Crippen LogP) is 3.49. The molecule has 0 bridgehead atoms. The van der Waals surface area contributed by atoms with Crippen LogP contribution < -0.4 is 0 Å². The molecule has 1 unspecified atom stereocenters. The monoisotopic (exact) mass is 214 g/mol. The zero-order chi connectivity index (χ0) is 10.9. The lowest BCUT2D eigenvalue weighted by molar-refractivity contribution is -0.116. The highest BCUT2D eigenvalue weighted by molar-refractivity contribution is 5.95. The lowest BCUT2D eigenvalue weighted by Gasteiger charge is -2.09. The van der Waals surface area contributed by atoms with Gasteiger partial charge in [-0.1, -0.05) is 6.08 Å². The molecule has 0 heterocycles. The quantitative estimate of drug-likeness (QED) is 0.702. The van der Waals surface area contributed by atoms with Gasteiger partial charge in [-0.25, -0.2) is 8.78 Å². The van der Waals surface area contributed by atoms with Crippen LogP contribution in [-0.2, 0) is 4.79 Å². The van der Waals surface area contributed by atoms with Crippen molar-refractivity contribution in [2.45, 2.75) is 50.9 Å². The van der Waals surface area contributed by atoms with Crippen molar-refractivity contribution in [3.63, 3.8) is 0 Å². The molecule has 0 saturated heterocycles. The second-order valence-electron chi connectivity index (χ2n) is 4.71. The maximum atomic E-state index is 12.9. The third-order valence-corrected chi connectivity index (χ3v) is 3.38. The summed E-state index contributed by atoms with van der Waals surface area (Å²) in [5, 5.41) is 0. The van der Waals surface area contributed by atoms with Crippen molar-refractivity contribution >= 4 is 5.78 Å². The van der Waals surface area contributed by atoms with Gasteiger partial charge in [0, 0.05) is 19.3 Å². The van der Waals surface area contributed by atoms with Crippen molar-refractivity contribution in [3.05, 3.63) is 11.6 Å². The van der Waals surface area contributed by atoms with E-state index in [1.54, 1.807) is 0 Å². The summed E-state index contributed by atoms with van der Waals surface area (Å²) in [5.41, 5.74) is 0.880. The lowest BCUT2D eigenvalue weighted by Crippen LogP contribution is -2.12. The van der Waals surface area contributed by atoms with Crippen LogP contribution in [0.15, 0.2) is 11.6 Å². The molecule has 1 nitrogen and oxygen atoms in total. The van der Waals surface area contributed by atoms with Crippen LogP contribution in [0.4, 0.5) is 8.78 Å². The average molecular weight is 214 g/mol. The van der Waals surface area contributed by atoms with Gasteiger partial charge in [0.05, 0.1) is 0 Å². The lowest BCUT2D eigenvalue weighted by atomic mass is 9.96. The van der Waals surface area contributed by atoms with Crippen molar-refractivity contribution in [1.82, 2.24) is 0 Å². The maximum Gasteiger partial charge on any atom is 0.248 e. The summed E-state index contributed by atoms with van der Waals surface area (Å²) in [5.74, 6) is -2.50. The van der Waals surface area contributed by atoms with Gasteiger partial charge < -0.3 is 0 Å². The summed E-state index contributed by atoms with van der Waals surface area (Å²) in [4.78, 5) is 11.7. The van der Waals surface area contributed by atoms with E-state index < -0.39 is 5.92 Å². The first-order valence-corrected chi connectivity index (χ1v) is 5.67. The highest BCUT2D eigenvalue weighted by atomic mass is 19.3. The summed E-state index contributed by atoms with van der Waals surface area (Å²) in [6.07, 6.45) is 5.55. The van der Waals surface area contributed by atoms with Gasteiger partial charge in [0.2, 0.25) is 5.92 Å². The minimum atomic E-state index is -2.52. The molecule has 0 aromatic rings. The molecule has 0 aromatic carbocycles. The molecule has 1 saturated carbocycles. The van der Waals surface area contributed by atoms with Crippen LogP contribution in [0, 0.1) is 5.92 Å². The fourth-order valence-corrected chi connectivity index (χ4v) is 2.53. The Labute approximate surface area is 88.5 Å². The first-order chi connectivity index (χ1) is 7.07. The van der Waals surface area contributed by atoms with Crippen molar-refractivity contribution in [3.8, 4) is 0 Å². The molecule has 1 fully saturated rings. The van der Waals surface area contributed by atoms with Gasteiger partial charge in [-0.3, -0.25) is 4.79 Å². The van der Waals surface area contributed by atoms with E-state index in [0.717, 1.165) is 24.8 Å². The molecular weight excluding hydrogens is 198 g/mol. The number of alkyl halides is 2. The molecule has 0 spiro atoms. The van der Waals surface area contributed by atoms with Crippen molar-refractivity contribution in [2.24, 2.45) is 5.92 Å². The summed E-state index contributed by atoms with van der Waals surface area (Å²) >= 11 is 0. The summed E-state index contributed by atoms with van der Waals surface area (Å²) in [6.45, 7) is 0. The Hall–Kier alpha value is -0.730. The largest absolute Gasteiger partial charge is 0.295 e. The number of hydrogen-bond acceptors (Lipinski definition) is 1. The van der Waals surface area contributed by atoms with Crippen molar-refractivity contribution < 1.29 is 13.6 Å². The molecule has 0 N–H and O–H groups in total. The van der Waals surface area contributed by atoms with Gasteiger partial charge in [-0.2, -0.15) is 0 Å². The smallest absolute Gasteiger partial charge is 0.248 e. The molecule has 0 radical (unpaired) electrons. The SMILES string of the molecule is O=C(CC1CCC(F)(F)C1)C1=CCCC1. The Morgan fingerprint density at radius 2 is 2.33 bits per heavy atom. The number of rotatable bonds is 3. The molecule has 1 atom stereocenters. The Bertz CT molecular complexity index is 294. The van der Waals surface area contributed by atoms with Gasteiger partial charge in [0.15, 0.2) is 5.78 Å². The first kappa shape index (κ1) is 10.8. The normalized spacial score (nSPS) is 29.2. The third kappa shape index (κ3) is 2.64. The number of ketones is 1. The van der Waals surface area contributed by atoms with Gasteiger partial charge in [0.1, 0.15) is 0 Å². The van der Waals surface area contributed by atoms with Crippen molar-refractivity contribution in [1.29, 1.82) is 0 Å². The number of carbonyl (C=O) groups is 1. The van der Waals surface area contributed by atoms with Crippen LogP contribution in [0.2, 0.25) is 0 Å². The Morgan fingerprint density at radius 3 is 2.87 bits per heavy atom. The highest BCUT2D eigenvalue weighted by Gasteiger charge is 2.40. The van der Waals surface area contributed by atoms with E-state index in [4.69, 9.17) is 0 Å². The number of allylic oxidation sites excluding steroid dienone is 2. The summed E-state index contributed by atoms with van der Waals surface area (Å²) < 4.78 is 25.8. The molecule has 15 heavy (non-hydrogen) atoms. The zero-order valence-corrected chi connectivity index (χ0v) is 8.77. The Balaban J connectivity index is 1.85. The highest BCUT2D eigenvalue weighted by Crippen LogP contribution is 2.41. The van der Waals surface area contributed by atoms with Gasteiger partial charge in [-0.15, -0.1) is 0 Å². The van der Waals surface area contributed by atoms with Gasteiger partial charge in [0.25, 0.3) is 0 Å². The van der Waals surface area contributed by atoms with Crippen LogP contribution in [-0.4, -0.2) is 11.7 Å². The fourth-order valence-electron chi connectivity index (χ4n) is 2.53. The second kappa shape index (κ2) is 4.03. The molecule has 2 aliphatic carbocycles. The molecular formula is C12H16F2O. The average Bonchev–Trinajstić information content (AvgIpc) is 2.74. The van der Waals surface area contributed by atoms with Crippen molar-refractivity contribution in [2.75, 3.05) is 0 Å². The first-order valence-electron chi connectivity index (χ1n) is 5.67. The van der Waals surface area contributed by atoms with E-state index in [1.807, 2.05) is 6.08 Å². The molecule has 84 valence electrons. The molecule has 2 rings (SSSR count). The van der Waals surface area contributed by atoms with Crippen LogP contribution in [0.25, 0.3) is 0 Å². The van der Waals surface area contributed by atoms with E-state index in [-0.39, 0.29) is 24.5 Å². The van der Waals surface area contributed by atoms with E-state index >= 15 is 0 Å². The predicted molar refractivity (Wildman–Crippen MR) is 53.8 cm³/mol. The van der Waals surface area contributed by atoms with E-state index in [1.165, 1.54) is 0 Å². The van der Waals surface area contributed by atoms with Crippen LogP contribution in [0.1, 0.15) is 44.9 Å². The fraction of sp³-hybridized carbons (Fsp3) is 0.750. The number of Topliss-reactive ketones (excluding diaryl/α,β-unsaturated/α-hetero) is 1. The van der Waals surface area contributed by atoms with Crippen LogP contribution in [0.5, 0.6) is 0 Å². The maximum absolute atomic E-state index is 12.9. The standard InChI is InChI=1S/C12H16F2O/c13-12(14)6-5-9(8-12)7-11(15)10-3-1-2-4-10/h3,9H,1-2,4-8H2. The van der Waals surface area contributed by atoms with Crippen LogP contribution >= 0.6 is 0 Å². The minimum absolute atomic E-state index is 0.0377. The van der Waals surface area contributed by atoms with E-state index in [2.05, 4.69) is 0 Å². The second-order valence-corrected chi connectivity index (χ2v) is 4.71. The molecule has 0 amide bonds. The topological polar surface area (TPSA) is 17.1 Å². The molecule has 3 heteroatoms. The van der Waals surface area contributed by atoms with Gasteiger partial charge in [-0.05, 0) is 37.2 Å². The number of halogens is 2. The number of carbonyl (C=O) groups excluding carboxylic acids is 1. The van der Waals surface area contributed by atoms with Crippen LogP contribution in [0.3, 0.4) is 0 Å². The molecule has 0 aromatic heterocycles. The molecule has 0 aliphatic heterocycles.